The lowest BCUT2D eigenvalue weighted by atomic mass is 10.0. The van der Waals surface area contributed by atoms with Crippen LogP contribution in [0, 0.1) is 0 Å². The van der Waals surface area contributed by atoms with Crippen molar-refractivity contribution in [2.24, 2.45) is 0 Å². The number of quaternary nitrogens is 1. The predicted molar refractivity (Wildman–Crippen MR) is 217 cm³/mol. The molecule has 0 aliphatic carbocycles. The number of carbonyl (C=O) groups is 3. The number of carboxylic acid groups (broad SMARTS) is 1. The Labute approximate surface area is 325 Å². The predicted octanol–water partition coefficient (Wildman–Crippen LogP) is 10.1. The highest BCUT2D eigenvalue weighted by molar-refractivity contribution is 5.71. The Kier molecular flexibility index (Phi) is 34.8. The topological polar surface area (TPSA) is 102 Å². The molecule has 0 heterocycles. The van der Waals surface area contributed by atoms with Crippen LogP contribution in [-0.4, -0.2) is 75.5 Å². The lowest BCUT2D eigenvalue weighted by molar-refractivity contribution is -0.889. The van der Waals surface area contributed by atoms with Crippen LogP contribution in [0.1, 0.15) is 181 Å². The molecule has 8 heteroatoms. The summed E-state index contributed by atoms with van der Waals surface area (Å²) in [5, 5.41) is 11.6. The number of hydrogen-bond acceptors (Lipinski definition) is 7. The van der Waals surface area contributed by atoms with E-state index in [1.165, 1.54) is 109 Å². The molecule has 2 unspecified atom stereocenters. The molecule has 0 bridgehead atoms. The van der Waals surface area contributed by atoms with Crippen molar-refractivity contribution in [3.05, 3.63) is 36.5 Å². The van der Waals surface area contributed by atoms with E-state index in [0.29, 0.717) is 6.42 Å². The van der Waals surface area contributed by atoms with Crippen molar-refractivity contribution in [2.75, 3.05) is 41.0 Å². The lowest BCUT2D eigenvalue weighted by Gasteiger charge is -2.34. The van der Waals surface area contributed by atoms with Crippen molar-refractivity contribution in [1.29, 1.82) is 0 Å². The van der Waals surface area contributed by atoms with E-state index in [1.807, 2.05) is 6.08 Å². The number of ether oxygens (including phenoxy) is 3. The maximum Gasteiger partial charge on any atom is 0.309 e. The van der Waals surface area contributed by atoms with Crippen molar-refractivity contribution in [3.8, 4) is 0 Å². The molecule has 0 fully saturated rings. The average Bonchev–Trinajstić information content (AvgIpc) is 3.11. The van der Waals surface area contributed by atoms with Crippen LogP contribution in [0.2, 0.25) is 0 Å². The van der Waals surface area contributed by atoms with E-state index in [4.69, 9.17) is 14.2 Å². The Balaban J connectivity index is 4.27. The second-order valence-corrected chi connectivity index (χ2v) is 15.6. The minimum absolute atomic E-state index is 0.0162. The van der Waals surface area contributed by atoms with Gasteiger partial charge in [0, 0.05) is 12.8 Å². The summed E-state index contributed by atoms with van der Waals surface area (Å²) in [6.45, 7) is 4.44. The van der Waals surface area contributed by atoms with Gasteiger partial charge in [-0.25, -0.2) is 0 Å². The maximum absolute atomic E-state index is 12.7. The number of carbonyl (C=O) groups excluding carboxylic acids is 3. The van der Waals surface area contributed by atoms with E-state index in [-0.39, 0.29) is 43.1 Å². The van der Waals surface area contributed by atoms with Crippen molar-refractivity contribution in [3.63, 3.8) is 0 Å². The zero-order valence-electron chi connectivity index (χ0n) is 34.9. The molecule has 0 aromatic carbocycles. The fourth-order valence-electron chi connectivity index (χ4n) is 6.25. The molecular formula is C45H81NO7. The third-order valence-corrected chi connectivity index (χ3v) is 9.57. The number of nitrogens with zero attached hydrogens (tertiary/aromatic N) is 1. The number of allylic oxidation sites excluding steroid dienone is 5. The summed E-state index contributed by atoms with van der Waals surface area (Å²) in [5.74, 6) is -1.88. The molecule has 53 heavy (non-hydrogen) atoms. The molecule has 0 saturated carbocycles. The highest BCUT2D eigenvalue weighted by Crippen LogP contribution is 2.16. The van der Waals surface area contributed by atoms with Crippen LogP contribution in [0.3, 0.4) is 0 Å². The van der Waals surface area contributed by atoms with Crippen LogP contribution in [-0.2, 0) is 28.6 Å². The molecule has 0 aliphatic heterocycles. The average molecular weight is 748 g/mol. The fourth-order valence-corrected chi connectivity index (χ4v) is 6.25. The maximum atomic E-state index is 12.7. The number of rotatable bonds is 38. The molecule has 0 radical (unpaired) electrons. The minimum Gasteiger partial charge on any atom is -0.544 e. The van der Waals surface area contributed by atoms with Crippen LogP contribution >= 0.6 is 0 Å². The number of carboxylic acids is 1. The SMILES string of the molecule is CC/C=C/C/C=C/C/C=C/CC(=O)OCC(COCCC(C(=O)[O-])[N+](C)(C)C)OC(=O)CCCCCCCCCCCCCCCCCCCCCC. The van der Waals surface area contributed by atoms with E-state index in [1.54, 1.807) is 27.2 Å². The first kappa shape index (κ1) is 50.5. The van der Waals surface area contributed by atoms with E-state index < -0.39 is 24.1 Å². The fraction of sp³-hybridized carbons (Fsp3) is 0.800. The molecule has 308 valence electrons. The van der Waals surface area contributed by atoms with E-state index in [2.05, 4.69) is 38.2 Å². The third kappa shape index (κ3) is 35.0. The Morgan fingerprint density at radius 1 is 0.585 bits per heavy atom. The van der Waals surface area contributed by atoms with Gasteiger partial charge in [0.05, 0.1) is 46.7 Å². The van der Waals surface area contributed by atoms with Gasteiger partial charge in [0.1, 0.15) is 12.6 Å². The summed E-state index contributed by atoms with van der Waals surface area (Å²) in [6, 6.07) is -0.734. The molecule has 0 spiro atoms. The Morgan fingerprint density at radius 2 is 1.04 bits per heavy atom. The van der Waals surface area contributed by atoms with Crippen LogP contribution < -0.4 is 5.11 Å². The van der Waals surface area contributed by atoms with Gasteiger partial charge in [0.2, 0.25) is 0 Å². The second kappa shape index (κ2) is 36.5. The first-order valence-corrected chi connectivity index (χ1v) is 21.5. The van der Waals surface area contributed by atoms with Gasteiger partial charge in [-0.1, -0.05) is 172 Å². The summed E-state index contributed by atoms with van der Waals surface area (Å²) < 4.78 is 17.0. The zero-order chi connectivity index (χ0) is 39.3. The number of unbranched alkanes of at least 4 members (excludes halogenated alkanes) is 19. The van der Waals surface area contributed by atoms with Gasteiger partial charge in [-0.2, -0.15) is 0 Å². The van der Waals surface area contributed by atoms with E-state index >= 15 is 0 Å². The van der Waals surface area contributed by atoms with Gasteiger partial charge in [-0.15, -0.1) is 0 Å². The Bertz CT molecular complexity index is 968. The molecule has 0 N–H and O–H groups in total. The van der Waals surface area contributed by atoms with Gasteiger partial charge < -0.3 is 28.6 Å². The normalized spacial score (nSPS) is 13.3. The van der Waals surface area contributed by atoms with Gasteiger partial charge in [-0.3, -0.25) is 9.59 Å². The number of hydrogen-bond donors (Lipinski definition) is 0. The van der Waals surface area contributed by atoms with E-state index in [9.17, 15) is 19.5 Å². The molecular weight excluding hydrogens is 666 g/mol. The highest BCUT2D eigenvalue weighted by atomic mass is 16.6. The molecule has 0 aliphatic rings. The lowest BCUT2D eigenvalue weighted by Crippen LogP contribution is -2.55. The minimum atomic E-state index is -1.13. The third-order valence-electron chi connectivity index (χ3n) is 9.57. The summed E-state index contributed by atoms with van der Waals surface area (Å²) in [4.78, 5) is 36.6. The van der Waals surface area contributed by atoms with Crippen LogP contribution in [0.15, 0.2) is 36.5 Å². The van der Waals surface area contributed by atoms with Crippen molar-refractivity contribution in [2.45, 2.75) is 193 Å². The van der Waals surface area contributed by atoms with Gasteiger partial charge in [0.25, 0.3) is 0 Å². The molecule has 0 saturated heterocycles. The smallest absolute Gasteiger partial charge is 0.309 e. The monoisotopic (exact) mass is 748 g/mol. The van der Waals surface area contributed by atoms with E-state index in [0.717, 1.165) is 38.5 Å². The number of aliphatic carboxylic acids is 1. The van der Waals surface area contributed by atoms with Crippen molar-refractivity contribution in [1.82, 2.24) is 0 Å². The summed E-state index contributed by atoms with van der Waals surface area (Å²) >= 11 is 0. The van der Waals surface area contributed by atoms with Crippen LogP contribution in [0.5, 0.6) is 0 Å². The summed E-state index contributed by atoms with van der Waals surface area (Å²) in [6.07, 6.45) is 40.8. The van der Waals surface area contributed by atoms with Crippen LogP contribution in [0.25, 0.3) is 0 Å². The standard InChI is InChI=1S/C45H81NO7/c1-6-8-10-12-14-16-17-18-19-20-21-22-23-24-25-26-28-30-32-34-36-44(48)53-41(39-51-38-37-42(45(49)50)46(3,4)5)40-52-43(47)35-33-31-29-27-15-13-11-9-7-2/h9,11,15,27,31,33,41-42H,6-8,10,12-14,16-26,28-30,32,34-40H2,1-5H3/b11-9+,27-15+,33-31+. The van der Waals surface area contributed by atoms with Gasteiger partial charge in [0.15, 0.2) is 6.10 Å². The first-order chi connectivity index (χ1) is 25.6. The molecule has 0 aromatic rings. The van der Waals surface area contributed by atoms with Gasteiger partial charge >= 0.3 is 11.9 Å². The molecule has 8 nitrogen and oxygen atoms in total. The molecule has 0 aromatic heterocycles. The zero-order valence-corrected chi connectivity index (χ0v) is 34.9. The molecule has 0 rings (SSSR count). The first-order valence-electron chi connectivity index (χ1n) is 21.5. The molecule has 2 atom stereocenters. The molecule has 0 amide bonds. The Morgan fingerprint density at radius 3 is 1.49 bits per heavy atom. The largest absolute Gasteiger partial charge is 0.544 e. The number of likely N-dealkylation sites (N-methyl/N-ethyl adjacent to an activating group) is 1. The summed E-state index contributed by atoms with van der Waals surface area (Å²) in [7, 11) is 5.38. The highest BCUT2D eigenvalue weighted by Gasteiger charge is 2.25. The summed E-state index contributed by atoms with van der Waals surface area (Å²) in [5.41, 5.74) is 0. The van der Waals surface area contributed by atoms with Crippen molar-refractivity contribution < 1.29 is 38.2 Å². The van der Waals surface area contributed by atoms with Crippen LogP contribution in [0.4, 0.5) is 0 Å². The van der Waals surface area contributed by atoms with Gasteiger partial charge in [-0.05, 0) is 25.7 Å². The number of esters is 2. The second-order valence-electron chi connectivity index (χ2n) is 15.6. The van der Waals surface area contributed by atoms with Crippen molar-refractivity contribution >= 4 is 17.9 Å². The quantitative estimate of drug-likeness (QED) is 0.0268. The Hall–Kier alpha value is -2.45.